The zero-order chi connectivity index (χ0) is 11.2. The summed E-state index contributed by atoms with van der Waals surface area (Å²) >= 11 is 1.80. The lowest BCUT2D eigenvalue weighted by molar-refractivity contribution is 0.528. The lowest BCUT2D eigenvalue weighted by atomic mass is 10.1. The fourth-order valence-electron chi connectivity index (χ4n) is 2.03. The van der Waals surface area contributed by atoms with Crippen LogP contribution in [0.15, 0.2) is 5.16 Å². The van der Waals surface area contributed by atoms with Gasteiger partial charge in [0.05, 0.1) is 6.54 Å². The molecule has 0 radical (unpaired) electrons. The van der Waals surface area contributed by atoms with Crippen molar-refractivity contribution in [1.29, 1.82) is 0 Å². The van der Waals surface area contributed by atoms with E-state index in [2.05, 4.69) is 20.8 Å². The highest BCUT2D eigenvalue weighted by Gasteiger charge is 2.16. The maximum absolute atomic E-state index is 4.07. The maximum atomic E-state index is 4.07. The molecule has 1 fully saturated rings. The molecule has 0 spiro atoms. The van der Waals surface area contributed by atoms with Crippen LogP contribution in [0.5, 0.6) is 0 Å². The van der Waals surface area contributed by atoms with Crippen LogP contribution >= 0.6 is 11.8 Å². The van der Waals surface area contributed by atoms with Crippen LogP contribution < -0.4 is 5.32 Å². The number of nitrogens with one attached hydrogen (secondary N) is 1. The summed E-state index contributed by atoms with van der Waals surface area (Å²) in [5.74, 6) is 2.04. The molecule has 1 saturated carbocycles. The third kappa shape index (κ3) is 3.18. The Hall–Kier alpha value is -0.620. The Morgan fingerprint density at radius 3 is 3.00 bits per heavy atom. The molecule has 1 aliphatic rings. The zero-order valence-corrected chi connectivity index (χ0v) is 10.5. The van der Waals surface area contributed by atoms with Gasteiger partial charge >= 0.3 is 0 Å². The molecule has 90 valence electrons. The lowest BCUT2D eigenvalue weighted by Gasteiger charge is -2.07. The van der Waals surface area contributed by atoms with E-state index < -0.39 is 0 Å². The number of rotatable bonds is 6. The van der Waals surface area contributed by atoms with E-state index in [0.717, 1.165) is 24.2 Å². The van der Waals surface area contributed by atoms with E-state index >= 15 is 0 Å². The van der Waals surface area contributed by atoms with Crippen molar-refractivity contribution in [2.75, 3.05) is 19.3 Å². The minimum atomic E-state index is 0.844. The van der Waals surface area contributed by atoms with Crippen molar-refractivity contribution in [2.45, 2.75) is 37.4 Å². The number of hydrogen-bond donors (Lipinski definition) is 1. The lowest BCUT2D eigenvalue weighted by Crippen LogP contribution is -2.16. The van der Waals surface area contributed by atoms with Crippen molar-refractivity contribution in [3.63, 3.8) is 0 Å². The summed E-state index contributed by atoms with van der Waals surface area (Å²) in [5, 5.41) is 15.9. The fraction of sp³-hybridized carbons (Fsp3) is 0.900. The molecule has 0 saturated heterocycles. The molecule has 0 amide bonds. The number of nitrogens with zero attached hydrogens (tertiary/aromatic N) is 4. The number of likely N-dealkylation sites (N-methyl/N-ethyl adjacent to an activating group) is 1. The van der Waals surface area contributed by atoms with Crippen LogP contribution in [0, 0.1) is 5.92 Å². The monoisotopic (exact) mass is 241 g/mol. The molecule has 2 rings (SSSR count). The highest BCUT2D eigenvalue weighted by molar-refractivity contribution is 7.99. The van der Waals surface area contributed by atoms with E-state index in [1.807, 2.05) is 11.7 Å². The second kappa shape index (κ2) is 6.20. The van der Waals surface area contributed by atoms with E-state index in [0.29, 0.717) is 0 Å². The van der Waals surface area contributed by atoms with E-state index in [1.54, 1.807) is 11.8 Å². The number of hydrogen-bond acceptors (Lipinski definition) is 5. The quantitative estimate of drug-likeness (QED) is 0.758. The summed E-state index contributed by atoms with van der Waals surface area (Å²) in [6, 6.07) is 0. The van der Waals surface area contributed by atoms with Crippen molar-refractivity contribution >= 4 is 11.8 Å². The van der Waals surface area contributed by atoms with Crippen LogP contribution in [-0.4, -0.2) is 39.6 Å². The van der Waals surface area contributed by atoms with Crippen LogP contribution in [0.2, 0.25) is 0 Å². The van der Waals surface area contributed by atoms with E-state index in [-0.39, 0.29) is 0 Å². The fourth-order valence-corrected chi connectivity index (χ4v) is 3.12. The Kier molecular flexibility index (Phi) is 4.59. The van der Waals surface area contributed by atoms with Gasteiger partial charge in [0, 0.05) is 12.3 Å². The summed E-state index contributed by atoms with van der Waals surface area (Å²) in [7, 11) is 1.94. The summed E-state index contributed by atoms with van der Waals surface area (Å²) in [5.41, 5.74) is 0. The first-order valence-corrected chi connectivity index (χ1v) is 6.92. The maximum Gasteiger partial charge on any atom is 0.209 e. The average Bonchev–Trinajstić information content (AvgIpc) is 2.94. The first-order valence-electron chi connectivity index (χ1n) is 5.93. The third-order valence-electron chi connectivity index (χ3n) is 3.00. The first kappa shape index (κ1) is 11.9. The molecule has 0 aromatic carbocycles. The largest absolute Gasteiger partial charge is 0.318 e. The summed E-state index contributed by atoms with van der Waals surface area (Å²) < 4.78 is 1.89. The summed E-state index contributed by atoms with van der Waals surface area (Å²) in [6.45, 7) is 1.75. The van der Waals surface area contributed by atoms with Gasteiger partial charge in [0.25, 0.3) is 0 Å². The minimum absolute atomic E-state index is 0.844. The predicted octanol–water partition coefficient (Wildman–Crippen LogP) is 1.17. The van der Waals surface area contributed by atoms with Crippen molar-refractivity contribution in [3.05, 3.63) is 0 Å². The van der Waals surface area contributed by atoms with Crippen LogP contribution in [-0.2, 0) is 6.54 Å². The number of aromatic nitrogens is 4. The molecule has 1 aliphatic carbocycles. The van der Waals surface area contributed by atoms with Crippen LogP contribution in [0.1, 0.15) is 25.7 Å². The van der Waals surface area contributed by atoms with Crippen molar-refractivity contribution < 1.29 is 0 Å². The van der Waals surface area contributed by atoms with Gasteiger partial charge in [0.2, 0.25) is 5.16 Å². The molecule has 6 heteroatoms. The SMILES string of the molecule is CNCCn1nnnc1SCC1CCCC1. The molecule has 0 bridgehead atoms. The first-order chi connectivity index (χ1) is 7.90. The molecular formula is C10H19N5S. The van der Waals surface area contributed by atoms with Gasteiger partial charge in [0.15, 0.2) is 0 Å². The van der Waals surface area contributed by atoms with Crippen LogP contribution in [0.3, 0.4) is 0 Å². The molecule has 1 aromatic heterocycles. The van der Waals surface area contributed by atoms with Gasteiger partial charge in [-0.05, 0) is 36.2 Å². The number of tetrazole rings is 1. The highest BCUT2D eigenvalue weighted by atomic mass is 32.2. The van der Waals surface area contributed by atoms with E-state index in [1.165, 1.54) is 31.4 Å². The normalized spacial score (nSPS) is 17.1. The Balaban J connectivity index is 1.80. The van der Waals surface area contributed by atoms with E-state index in [9.17, 15) is 0 Å². The van der Waals surface area contributed by atoms with Gasteiger partial charge in [-0.3, -0.25) is 0 Å². The Labute approximate surface area is 100 Å². The molecule has 1 heterocycles. The Morgan fingerprint density at radius 1 is 1.44 bits per heavy atom. The van der Waals surface area contributed by atoms with Gasteiger partial charge < -0.3 is 5.32 Å². The molecule has 0 aliphatic heterocycles. The molecule has 5 nitrogen and oxygen atoms in total. The molecule has 0 unspecified atom stereocenters. The van der Waals surface area contributed by atoms with Crippen molar-refractivity contribution in [1.82, 2.24) is 25.5 Å². The summed E-state index contributed by atoms with van der Waals surface area (Å²) in [6.07, 6.45) is 5.56. The third-order valence-corrected chi connectivity index (χ3v) is 4.18. The predicted molar refractivity (Wildman–Crippen MR) is 64.4 cm³/mol. The van der Waals surface area contributed by atoms with Gasteiger partial charge in [-0.15, -0.1) is 5.10 Å². The minimum Gasteiger partial charge on any atom is -0.318 e. The molecular weight excluding hydrogens is 222 g/mol. The van der Waals surface area contributed by atoms with E-state index in [4.69, 9.17) is 0 Å². The van der Waals surface area contributed by atoms with Crippen LogP contribution in [0.25, 0.3) is 0 Å². The summed E-state index contributed by atoms with van der Waals surface area (Å²) in [4.78, 5) is 0. The second-order valence-electron chi connectivity index (χ2n) is 4.25. The molecule has 1 aromatic rings. The zero-order valence-electron chi connectivity index (χ0n) is 9.72. The molecule has 1 N–H and O–H groups in total. The van der Waals surface area contributed by atoms with Crippen LogP contribution in [0.4, 0.5) is 0 Å². The number of thioether (sulfide) groups is 1. The average molecular weight is 241 g/mol. The van der Waals surface area contributed by atoms with Gasteiger partial charge in [0.1, 0.15) is 0 Å². The highest BCUT2D eigenvalue weighted by Crippen LogP contribution is 2.29. The smallest absolute Gasteiger partial charge is 0.209 e. The Morgan fingerprint density at radius 2 is 2.25 bits per heavy atom. The second-order valence-corrected chi connectivity index (χ2v) is 5.24. The van der Waals surface area contributed by atoms with Crippen molar-refractivity contribution in [3.8, 4) is 0 Å². The van der Waals surface area contributed by atoms with Gasteiger partial charge in [-0.2, -0.15) is 0 Å². The van der Waals surface area contributed by atoms with Crippen molar-refractivity contribution in [2.24, 2.45) is 5.92 Å². The molecule has 0 atom stereocenters. The topological polar surface area (TPSA) is 55.6 Å². The standard InChI is InChI=1S/C10H19N5S/c1-11-6-7-15-10(12-13-14-15)16-8-9-4-2-3-5-9/h9,11H,2-8H2,1H3. The van der Waals surface area contributed by atoms with Gasteiger partial charge in [-0.1, -0.05) is 24.6 Å². The Bertz CT molecular complexity index is 308. The van der Waals surface area contributed by atoms with Gasteiger partial charge in [-0.25, -0.2) is 4.68 Å². The molecule has 16 heavy (non-hydrogen) atoms.